The van der Waals surface area contributed by atoms with Gasteiger partial charge in [-0.05, 0) is 183 Å². The Labute approximate surface area is 576 Å². The van der Waals surface area contributed by atoms with Gasteiger partial charge >= 0.3 is 85.5 Å². The molecule has 8 heterocycles. The van der Waals surface area contributed by atoms with Gasteiger partial charge in [-0.3, -0.25) is 14.6 Å². The minimum atomic E-state index is -0.753. The van der Waals surface area contributed by atoms with Gasteiger partial charge in [-0.2, -0.15) is 0 Å². The van der Waals surface area contributed by atoms with Crippen molar-refractivity contribution in [3.05, 3.63) is 121 Å². The molecule has 4 fully saturated rings. The number of likely N-dealkylation sites (tertiary alicyclic amines) is 2. The van der Waals surface area contributed by atoms with Crippen molar-refractivity contribution in [3.8, 4) is 45.2 Å². The fourth-order valence-corrected chi connectivity index (χ4v) is 10.9. The zero-order valence-corrected chi connectivity index (χ0v) is 58.2. The number of halogens is 2. The molecule has 2 N–H and O–H groups in total. The number of nitrogens with zero attached hydrogens (tertiary/aromatic N) is 4. The molecule has 12 rings (SSSR count). The molecule has 0 bridgehead atoms. The maximum atomic E-state index is 15.6. The molecule has 4 aromatic heterocycles. The summed E-state index contributed by atoms with van der Waals surface area (Å²) in [4.78, 5) is 56.1. The summed E-state index contributed by atoms with van der Waals surface area (Å²) in [6.07, 6.45) is 5.93. The molecule has 4 saturated heterocycles. The van der Waals surface area contributed by atoms with Crippen molar-refractivity contribution in [2.45, 2.75) is 176 Å². The van der Waals surface area contributed by atoms with Crippen molar-refractivity contribution < 1.29 is 131 Å². The second-order valence-electron chi connectivity index (χ2n) is 26.6. The Morgan fingerprint density at radius 2 is 1.04 bits per heavy atom. The minimum absolute atomic E-state index is 0. The van der Waals surface area contributed by atoms with Crippen LogP contribution in [-0.2, 0) is 37.8 Å². The van der Waals surface area contributed by atoms with E-state index in [0.29, 0.717) is 69.4 Å². The van der Waals surface area contributed by atoms with Gasteiger partial charge in [-0.1, -0.05) is 37.8 Å². The number of rotatable bonds is 9. The van der Waals surface area contributed by atoms with Crippen LogP contribution in [0.2, 0.25) is 0 Å². The minimum Gasteiger partial charge on any atom is -1.00 e. The number of aromatic amines is 2. The first kappa shape index (κ1) is 72.6. The first-order valence-electron chi connectivity index (χ1n) is 29.5. The number of imidazole rings is 2. The maximum absolute atomic E-state index is 15.6. The Bertz CT molecular complexity index is 3870. The van der Waals surface area contributed by atoms with Crippen molar-refractivity contribution in [1.29, 1.82) is 0 Å². The van der Waals surface area contributed by atoms with E-state index in [1.807, 2.05) is 158 Å². The molecule has 19 nitrogen and oxygen atoms in total. The summed E-state index contributed by atoms with van der Waals surface area (Å²) < 4.78 is 78.5. The Morgan fingerprint density at radius 3 is 1.52 bits per heavy atom. The number of H-pyrrole nitrogens is 2. The molecule has 0 radical (unpaired) electrons. The van der Waals surface area contributed by atoms with E-state index in [9.17, 15) is 9.59 Å². The van der Waals surface area contributed by atoms with Crippen molar-refractivity contribution >= 4 is 65.8 Å². The molecule has 8 aromatic rings. The third-order valence-corrected chi connectivity index (χ3v) is 16.9. The van der Waals surface area contributed by atoms with Crippen molar-refractivity contribution in [1.82, 2.24) is 29.7 Å². The van der Waals surface area contributed by atoms with Crippen LogP contribution in [0.3, 0.4) is 0 Å². The number of hydrogen-bond donors (Lipinski definition) is 2. The van der Waals surface area contributed by atoms with Crippen molar-refractivity contribution in [2.24, 2.45) is 0 Å². The van der Waals surface area contributed by atoms with Crippen LogP contribution >= 0.6 is 0 Å². The van der Waals surface area contributed by atoms with Gasteiger partial charge in [0.05, 0.1) is 58.3 Å². The number of carbonyl (C=O) groups is 3. The van der Waals surface area contributed by atoms with E-state index in [-0.39, 0.29) is 98.7 Å². The molecule has 474 valence electrons. The van der Waals surface area contributed by atoms with Crippen LogP contribution in [0.4, 0.5) is 18.4 Å². The van der Waals surface area contributed by atoms with E-state index in [1.165, 1.54) is 12.1 Å². The van der Waals surface area contributed by atoms with Gasteiger partial charge in [0.15, 0.2) is 0 Å². The summed E-state index contributed by atoms with van der Waals surface area (Å²) in [5, 5.41) is 10.2. The molecule has 0 saturated carbocycles. The van der Waals surface area contributed by atoms with Gasteiger partial charge in [0, 0.05) is 51.6 Å². The maximum Gasteiger partial charge on any atom is 1.00 e. The van der Waals surface area contributed by atoms with Crippen LogP contribution in [0.15, 0.2) is 106 Å². The Kier molecular flexibility index (Phi) is 22.4. The van der Waals surface area contributed by atoms with E-state index in [4.69, 9.17) is 47.0 Å². The van der Waals surface area contributed by atoms with E-state index in [2.05, 4.69) is 24.8 Å². The molecule has 4 aromatic carbocycles. The van der Waals surface area contributed by atoms with Crippen LogP contribution in [0.5, 0.6) is 0 Å². The number of hydrogen-bond acceptors (Lipinski definition) is 15. The molecule has 4 aliphatic heterocycles. The quantitative estimate of drug-likeness (QED) is 0.0631. The monoisotopic (exact) mass is 1270 g/mol. The van der Waals surface area contributed by atoms with E-state index in [0.717, 1.165) is 59.0 Å². The number of nitrogens with one attached hydrogen (secondary N) is 2. The summed E-state index contributed by atoms with van der Waals surface area (Å²) in [7, 11) is -1.21. The molecule has 2 atom stereocenters. The van der Waals surface area contributed by atoms with Crippen LogP contribution in [0, 0.1) is 11.6 Å². The molecular formula is C66H80B2F2N6Na2O13. The van der Waals surface area contributed by atoms with Crippen LogP contribution in [0.25, 0.3) is 67.1 Å². The van der Waals surface area contributed by atoms with Gasteiger partial charge in [0.2, 0.25) is 0 Å². The van der Waals surface area contributed by atoms with Gasteiger partial charge in [0.1, 0.15) is 57.2 Å². The number of aromatic nitrogens is 4. The van der Waals surface area contributed by atoms with Crippen LogP contribution in [0.1, 0.15) is 155 Å². The summed E-state index contributed by atoms with van der Waals surface area (Å²) in [5.74, 6) is 1.63. The van der Waals surface area contributed by atoms with Crippen LogP contribution in [-0.4, -0.2) is 109 Å². The number of carbonyl (C=O) groups excluding carboxylic acids is 3. The zero-order valence-electron chi connectivity index (χ0n) is 55.2. The molecule has 4 aliphatic rings. The summed E-state index contributed by atoms with van der Waals surface area (Å²) in [5.41, 5.74) is 3.50. The summed E-state index contributed by atoms with van der Waals surface area (Å²) >= 11 is 0. The second-order valence-corrected chi connectivity index (χ2v) is 26.6. The molecule has 0 aliphatic carbocycles. The van der Waals surface area contributed by atoms with Gasteiger partial charge in [0.25, 0.3) is 6.47 Å². The van der Waals surface area contributed by atoms with Crippen LogP contribution < -0.4 is 75.3 Å². The average molecular weight is 1270 g/mol. The molecule has 2 amide bonds. The van der Waals surface area contributed by atoms with Gasteiger partial charge in [-0.25, -0.2) is 28.3 Å². The van der Waals surface area contributed by atoms with Crippen molar-refractivity contribution in [3.63, 3.8) is 0 Å². The number of amides is 2. The molecule has 91 heavy (non-hydrogen) atoms. The fraction of sp³-hybridized carbons (Fsp3) is 0.439. The normalized spacial score (nSPS) is 18.7. The smallest absolute Gasteiger partial charge is 1.00 e. The largest absolute Gasteiger partial charge is 1.00 e. The topological polar surface area (TPSA) is 229 Å². The number of fused-ring (bicyclic) bond motifs is 2. The Morgan fingerprint density at radius 1 is 0.615 bits per heavy atom. The second kappa shape index (κ2) is 28.0. The standard InChI is InChI=1S/C38H43FN6O5.C26H31B2FO5.CH2O3.CH4.2Na.H/c1-37(2,3)49-35(46)44-15-7-9-29(44)33-40-20-27(42-33)22-12-14-31-24(17-22)19-32(48-31)23-11-13-25(26(39)18-23)28-21-41-34(43-28)30-10-8-16-45(30)36(47)50-38(4,5)6;1-23(2)24(3,4)32-27(31-23)18-10-12-21-17(13-18)15-22(30-21)16-9-11-19(20(29)14-16)28-33-25(5,6)26(7,8)34-28;2-1-4-3;;;;/h11-14,17-21,29-30H,7-10,15-16H2,1-6H3,(H,40,42)(H,41,43);9-15H,1-8H3;1,3H;1H4;;;/q;;;;2*+1;-1/p-1/t29-,30-;;;;;;/m0....../s1. The first-order chi connectivity index (χ1) is 41.3. The van der Waals surface area contributed by atoms with Gasteiger partial charge in [-0.15, -0.1) is 0 Å². The third-order valence-electron chi connectivity index (χ3n) is 16.9. The molecule has 0 spiro atoms. The zero-order chi connectivity index (χ0) is 63.5. The van der Waals surface area contributed by atoms with Crippen molar-refractivity contribution in [2.75, 3.05) is 13.1 Å². The van der Waals surface area contributed by atoms with E-state index >= 15 is 8.78 Å². The number of benzene rings is 4. The first-order valence-corrected chi connectivity index (χ1v) is 29.5. The SMILES string of the molecule is C.CC(C)(C)OC(=O)N1CCC[C@H]1c1ncc(-c2ccc3oc(-c4ccc(-c5cnc([C@@H]6CCCN6C(=O)OC(C)(C)C)[nH]5)c(F)c4)cc3c2)[nH]1.CC1(C)OB(c2ccc3oc(-c4ccc(B5OC(C)(C)C(C)(C)O5)c(F)c4)cc3c2)OC1(C)C.O=CO[O-].[H-].[Na+].[Na+]. The average Bonchev–Trinajstić information content (AvgIpc) is 1.63. The predicted octanol–water partition coefficient (Wildman–Crippen LogP) is 7.19. The van der Waals surface area contributed by atoms with E-state index < -0.39 is 59.5 Å². The number of ether oxygens (including phenoxy) is 2. The molecule has 25 heteroatoms. The Hall–Kier alpha value is -5.82. The summed E-state index contributed by atoms with van der Waals surface area (Å²) in [6, 6.07) is 25.0. The predicted molar refractivity (Wildman–Crippen MR) is 335 cm³/mol. The summed E-state index contributed by atoms with van der Waals surface area (Å²) in [6.45, 7) is 28.1. The van der Waals surface area contributed by atoms with Gasteiger partial charge < -0.3 is 58.5 Å². The third kappa shape index (κ3) is 15.9. The Balaban J connectivity index is 0.000000280. The fourth-order valence-electron chi connectivity index (χ4n) is 10.9. The van der Waals surface area contributed by atoms with E-state index in [1.54, 1.807) is 34.3 Å². The molecule has 0 unspecified atom stereocenters. The molecular weight excluding hydrogens is 1190 g/mol. The number of furan rings is 2.